The highest BCUT2D eigenvalue weighted by molar-refractivity contribution is 7.92. The summed E-state index contributed by atoms with van der Waals surface area (Å²) in [5, 5.41) is 2.91. The molecule has 0 fully saturated rings. The summed E-state index contributed by atoms with van der Waals surface area (Å²) in [4.78, 5) is 27.9. The van der Waals surface area contributed by atoms with E-state index >= 15 is 0 Å². The van der Waals surface area contributed by atoms with Gasteiger partial charge >= 0.3 is 0 Å². The molecule has 0 heterocycles. The zero-order valence-electron chi connectivity index (χ0n) is 20.5. The highest BCUT2D eigenvalue weighted by Crippen LogP contribution is 2.27. The van der Waals surface area contributed by atoms with Gasteiger partial charge in [-0.2, -0.15) is 0 Å². The molecule has 1 N–H and O–H groups in total. The lowest BCUT2D eigenvalue weighted by Crippen LogP contribution is -2.54. The number of amides is 2. The molecule has 7 nitrogen and oxygen atoms in total. The molecule has 1 atom stereocenters. The van der Waals surface area contributed by atoms with Crippen LogP contribution in [0.5, 0.6) is 0 Å². The van der Waals surface area contributed by atoms with Gasteiger partial charge in [-0.25, -0.2) is 8.42 Å². The zero-order valence-corrected chi connectivity index (χ0v) is 21.4. The van der Waals surface area contributed by atoms with Gasteiger partial charge in [-0.15, -0.1) is 0 Å². The van der Waals surface area contributed by atoms with Gasteiger partial charge < -0.3 is 10.2 Å². The van der Waals surface area contributed by atoms with Gasteiger partial charge in [0.2, 0.25) is 21.8 Å². The van der Waals surface area contributed by atoms with Crippen molar-refractivity contribution in [1.29, 1.82) is 0 Å². The van der Waals surface area contributed by atoms with Crippen LogP contribution in [0, 0.1) is 13.8 Å². The molecule has 180 valence electrons. The number of nitrogens with one attached hydrogen (secondary N) is 1. The first-order valence-electron chi connectivity index (χ1n) is 10.9. The Labute approximate surface area is 197 Å². The van der Waals surface area contributed by atoms with E-state index in [1.165, 1.54) is 4.90 Å². The normalized spacial score (nSPS) is 12.7. The maximum Gasteiger partial charge on any atom is 0.244 e. The van der Waals surface area contributed by atoms with Crippen LogP contribution in [-0.4, -0.2) is 49.5 Å². The second-order valence-corrected chi connectivity index (χ2v) is 11.3. The SMILES string of the molecule is Cc1cccc(C)c1N(CC(=O)N(Cc1ccccc1)[C@H](C)C(=O)NC(C)(C)C)S(C)(=O)=O. The largest absolute Gasteiger partial charge is 0.350 e. The number of nitrogens with zero attached hydrogens (tertiary/aromatic N) is 2. The van der Waals surface area contributed by atoms with Crippen LogP contribution < -0.4 is 9.62 Å². The maximum atomic E-state index is 13.6. The highest BCUT2D eigenvalue weighted by atomic mass is 32.2. The van der Waals surface area contributed by atoms with Gasteiger partial charge in [0.05, 0.1) is 11.9 Å². The molecule has 0 aliphatic rings. The Bertz CT molecular complexity index is 1070. The topological polar surface area (TPSA) is 86.8 Å². The fourth-order valence-corrected chi connectivity index (χ4v) is 4.58. The summed E-state index contributed by atoms with van der Waals surface area (Å²) >= 11 is 0. The van der Waals surface area contributed by atoms with Crippen molar-refractivity contribution in [1.82, 2.24) is 10.2 Å². The van der Waals surface area contributed by atoms with E-state index in [9.17, 15) is 18.0 Å². The highest BCUT2D eigenvalue weighted by Gasteiger charge is 2.32. The molecule has 0 aliphatic carbocycles. The average molecular weight is 474 g/mol. The van der Waals surface area contributed by atoms with Gasteiger partial charge in [0.25, 0.3) is 0 Å². The van der Waals surface area contributed by atoms with E-state index in [4.69, 9.17) is 0 Å². The third kappa shape index (κ3) is 7.32. The van der Waals surface area contributed by atoms with Crippen LogP contribution in [0.2, 0.25) is 0 Å². The number of carbonyl (C=O) groups is 2. The van der Waals surface area contributed by atoms with Crippen LogP contribution in [0.1, 0.15) is 44.4 Å². The number of carbonyl (C=O) groups excluding carboxylic acids is 2. The summed E-state index contributed by atoms with van der Waals surface area (Å²) in [6.07, 6.45) is 1.09. The van der Waals surface area contributed by atoms with Crippen LogP contribution in [0.4, 0.5) is 5.69 Å². The van der Waals surface area contributed by atoms with Crippen LogP contribution >= 0.6 is 0 Å². The molecule has 0 aliphatic heterocycles. The van der Waals surface area contributed by atoms with Crippen LogP contribution in [-0.2, 0) is 26.2 Å². The number of para-hydroxylation sites is 1. The molecule has 2 aromatic rings. The van der Waals surface area contributed by atoms with E-state index in [0.717, 1.165) is 27.3 Å². The van der Waals surface area contributed by atoms with E-state index in [1.54, 1.807) is 6.92 Å². The number of sulfonamides is 1. The van der Waals surface area contributed by atoms with E-state index in [0.29, 0.717) is 5.69 Å². The Morgan fingerprint density at radius 3 is 2.00 bits per heavy atom. The first-order chi connectivity index (χ1) is 15.2. The Morgan fingerprint density at radius 2 is 1.52 bits per heavy atom. The van der Waals surface area contributed by atoms with Gasteiger partial charge in [0.15, 0.2) is 0 Å². The predicted molar refractivity (Wildman–Crippen MR) is 132 cm³/mol. The number of aryl methyl sites for hydroxylation is 2. The van der Waals surface area contributed by atoms with Crippen LogP contribution in [0.25, 0.3) is 0 Å². The first-order valence-corrected chi connectivity index (χ1v) is 12.7. The van der Waals surface area contributed by atoms with E-state index in [1.807, 2.05) is 83.1 Å². The monoisotopic (exact) mass is 473 g/mol. The molecule has 2 rings (SSSR count). The van der Waals surface area contributed by atoms with Gasteiger partial charge in [0.1, 0.15) is 12.6 Å². The molecule has 0 radical (unpaired) electrons. The quantitative estimate of drug-likeness (QED) is 0.637. The average Bonchev–Trinajstić information content (AvgIpc) is 2.69. The van der Waals surface area contributed by atoms with E-state index in [2.05, 4.69) is 5.32 Å². The lowest BCUT2D eigenvalue weighted by molar-refractivity contribution is -0.140. The molecule has 0 saturated carbocycles. The summed E-state index contributed by atoms with van der Waals surface area (Å²) in [6.45, 7) is 10.7. The zero-order chi connectivity index (χ0) is 25.0. The molecule has 0 unspecified atom stereocenters. The molecule has 33 heavy (non-hydrogen) atoms. The second-order valence-electron chi connectivity index (χ2n) is 9.43. The number of benzene rings is 2. The third-order valence-electron chi connectivity index (χ3n) is 5.23. The van der Waals surface area contributed by atoms with Crippen LogP contribution in [0.3, 0.4) is 0 Å². The van der Waals surface area contributed by atoms with Gasteiger partial charge in [0, 0.05) is 12.1 Å². The van der Waals surface area contributed by atoms with Crippen LogP contribution in [0.15, 0.2) is 48.5 Å². The maximum absolute atomic E-state index is 13.6. The molecule has 2 aromatic carbocycles. The van der Waals surface area contributed by atoms with Gasteiger partial charge in [-0.1, -0.05) is 48.5 Å². The Kier molecular flexibility index (Phi) is 8.30. The molecule has 8 heteroatoms. The molecular weight excluding hydrogens is 438 g/mol. The number of hydrogen-bond donors (Lipinski definition) is 1. The van der Waals surface area contributed by atoms with Gasteiger partial charge in [-0.05, 0) is 58.2 Å². The van der Waals surface area contributed by atoms with E-state index < -0.39 is 34.1 Å². The third-order valence-corrected chi connectivity index (χ3v) is 6.34. The molecule has 0 bridgehead atoms. The molecule has 0 saturated heterocycles. The lowest BCUT2D eigenvalue weighted by atomic mass is 10.1. The summed E-state index contributed by atoms with van der Waals surface area (Å²) in [5.74, 6) is -0.756. The van der Waals surface area contributed by atoms with Crippen molar-refractivity contribution in [3.8, 4) is 0 Å². The summed E-state index contributed by atoms with van der Waals surface area (Å²) in [6, 6.07) is 14.0. The number of anilines is 1. The Morgan fingerprint density at radius 1 is 0.970 bits per heavy atom. The minimum absolute atomic E-state index is 0.183. The smallest absolute Gasteiger partial charge is 0.244 e. The first kappa shape index (κ1) is 26.4. The molecular formula is C25H35N3O4S. The van der Waals surface area contributed by atoms with Crippen molar-refractivity contribution in [2.24, 2.45) is 0 Å². The summed E-state index contributed by atoms with van der Waals surface area (Å²) < 4.78 is 26.6. The predicted octanol–water partition coefficient (Wildman–Crippen LogP) is 3.40. The molecule has 2 amide bonds. The number of hydrogen-bond acceptors (Lipinski definition) is 4. The van der Waals surface area contributed by atoms with Crippen molar-refractivity contribution >= 4 is 27.5 Å². The minimum Gasteiger partial charge on any atom is -0.350 e. The fraction of sp³-hybridized carbons (Fsp3) is 0.440. The second kappa shape index (κ2) is 10.4. The fourth-order valence-electron chi connectivity index (χ4n) is 3.61. The molecule has 0 aromatic heterocycles. The standard InChI is InChI=1S/C25H35N3O4S/c1-18-12-11-13-19(2)23(18)28(33(7,31)32)17-22(29)27(16-21-14-9-8-10-15-21)20(3)24(30)26-25(4,5)6/h8-15,20H,16-17H2,1-7H3,(H,26,30)/t20-/m1/s1. The van der Waals surface area contributed by atoms with E-state index in [-0.39, 0.29) is 12.5 Å². The van der Waals surface area contributed by atoms with Crippen molar-refractivity contribution in [2.75, 3.05) is 17.1 Å². The van der Waals surface area contributed by atoms with Gasteiger partial charge in [-0.3, -0.25) is 13.9 Å². The lowest BCUT2D eigenvalue weighted by Gasteiger charge is -2.33. The summed E-state index contributed by atoms with van der Waals surface area (Å²) in [7, 11) is -3.75. The molecule has 0 spiro atoms. The Hall–Kier alpha value is -2.87. The Balaban J connectivity index is 2.44. The number of rotatable bonds is 8. The van der Waals surface area contributed by atoms with Crippen molar-refractivity contribution in [3.63, 3.8) is 0 Å². The summed E-state index contributed by atoms with van der Waals surface area (Å²) in [5.41, 5.74) is 2.37. The van der Waals surface area contributed by atoms with Crippen molar-refractivity contribution in [2.45, 2.75) is 59.7 Å². The van der Waals surface area contributed by atoms with Crippen molar-refractivity contribution < 1.29 is 18.0 Å². The van der Waals surface area contributed by atoms with Crippen molar-refractivity contribution in [3.05, 3.63) is 65.2 Å². The minimum atomic E-state index is -3.75.